The van der Waals surface area contributed by atoms with Crippen molar-refractivity contribution >= 4 is 11.7 Å². The molecular weight excluding hydrogens is 237 g/mol. The Morgan fingerprint density at radius 1 is 1.39 bits per heavy atom. The van der Waals surface area contributed by atoms with Crippen LogP contribution in [0.5, 0.6) is 0 Å². The van der Waals surface area contributed by atoms with Gasteiger partial charge in [0.25, 0.3) is 0 Å². The normalized spacial score (nSPS) is 10.1. The van der Waals surface area contributed by atoms with Gasteiger partial charge < -0.3 is 10.4 Å². The van der Waals surface area contributed by atoms with Crippen molar-refractivity contribution in [2.45, 2.75) is 6.54 Å². The number of rotatable bonds is 4. The van der Waals surface area contributed by atoms with E-state index >= 15 is 0 Å². The Morgan fingerprint density at radius 2 is 2.22 bits per heavy atom. The zero-order valence-corrected chi connectivity index (χ0v) is 9.30. The van der Waals surface area contributed by atoms with Gasteiger partial charge in [0.15, 0.2) is 0 Å². The summed E-state index contributed by atoms with van der Waals surface area (Å²) in [5.74, 6) is -1.61. The van der Waals surface area contributed by atoms with Crippen LogP contribution in [0.1, 0.15) is 16.1 Å². The standard InChI is InChI=1S/C12H10FN3O2/c13-10-2-1-8(12(17)18)5-11(10)16-7-9-6-14-3-4-15-9/h1-6,16H,7H2,(H,17,18). The summed E-state index contributed by atoms with van der Waals surface area (Å²) in [7, 11) is 0. The lowest BCUT2D eigenvalue weighted by Crippen LogP contribution is -2.05. The van der Waals surface area contributed by atoms with Crippen molar-refractivity contribution in [3.8, 4) is 0 Å². The van der Waals surface area contributed by atoms with Gasteiger partial charge in [-0.05, 0) is 18.2 Å². The molecule has 0 saturated carbocycles. The Morgan fingerprint density at radius 3 is 2.89 bits per heavy atom. The van der Waals surface area contributed by atoms with Gasteiger partial charge in [-0.2, -0.15) is 0 Å². The number of halogens is 1. The average Bonchev–Trinajstić information content (AvgIpc) is 2.38. The molecule has 0 bridgehead atoms. The van der Waals surface area contributed by atoms with E-state index in [1.54, 1.807) is 6.20 Å². The number of nitrogens with zero attached hydrogens (tertiary/aromatic N) is 2. The van der Waals surface area contributed by atoms with Crippen LogP contribution in [-0.2, 0) is 6.54 Å². The van der Waals surface area contributed by atoms with Gasteiger partial charge in [-0.3, -0.25) is 9.97 Å². The molecular formula is C12H10FN3O2. The maximum absolute atomic E-state index is 13.4. The fraction of sp³-hybridized carbons (Fsp3) is 0.0833. The molecule has 0 radical (unpaired) electrons. The topological polar surface area (TPSA) is 75.1 Å². The van der Waals surface area contributed by atoms with Crippen LogP contribution >= 0.6 is 0 Å². The van der Waals surface area contributed by atoms with Crippen LogP contribution in [0.4, 0.5) is 10.1 Å². The summed E-state index contributed by atoms with van der Waals surface area (Å²) in [5.41, 5.74) is 0.788. The molecule has 0 aliphatic heterocycles. The molecule has 1 aromatic heterocycles. The van der Waals surface area contributed by atoms with Gasteiger partial charge in [0, 0.05) is 12.4 Å². The highest BCUT2D eigenvalue weighted by molar-refractivity contribution is 5.88. The van der Waals surface area contributed by atoms with Crippen molar-refractivity contribution in [3.05, 3.63) is 53.9 Å². The Balaban J connectivity index is 2.14. The van der Waals surface area contributed by atoms with E-state index < -0.39 is 11.8 Å². The number of carbonyl (C=O) groups is 1. The second-order valence-corrected chi connectivity index (χ2v) is 3.55. The van der Waals surface area contributed by atoms with Crippen LogP contribution in [0.15, 0.2) is 36.8 Å². The van der Waals surface area contributed by atoms with Gasteiger partial charge in [0.05, 0.1) is 29.7 Å². The van der Waals surface area contributed by atoms with E-state index in [0.717, 1.165) is 6.07 Å². The maximum atomic E-state index is 13.4. The maximum Gasteiger partial charge on any atom is 0.335 e. The monoisotopic (exact) mass is 247 g/mol. The molecule has 92 valence electrons. The third-order valence-electron chi connectivity index (χ3n) is 2.29. The van der Waals surface area contributed by atoms with Crippen LogP contribution in [0.25, 0.3) is 0 Å². The minimum Gasteiger partial charge on any atom is -0.478 e. The number of hydrogen-bond donors (Lipinski definition) is 2. The lowest BCUT2D eigenvalue weighted by molar-refractivity contribution is 0.0697. The summed E-state index contributed by atoms with van der Waals surface area (Å²) in [6.45, 7) is 0.272. The highest BCUT2D eigenvalue weighted by Crippen LogP contribution is 2.16. The zero-order valence-electron chi connectivity index (χ0n) is 9.30. The minimum absolute atomic E-state index is 0.0260. The predicted molar refractivity (Wildman–Crippen MR) is 62.7 cm³/mol. The summed E-state index contributed by atoms with van der Waals surface area (Å²) in [4.78, 5) is 18.7. The molecule has 18 heavy (non-hydrogen) atoms. The third-order valence-corrected chi connectivity index (χ3v) is 2.29. The van der Waals surface area contributed by atoms with Crippen molar-refractivity contribution in [1.82, 2.24) is 9.97 Å². The first-order valence-electron chi connectivity index (χ1n) is 5.18. The number of benzene rings is 1. The van der Waals surface area contributed by atoms with E-state index in [-0.39, 0.29) is 17.8 Å². The number of hydrogen-bond acceptors (Lipinski definition) is 4. The first kappa shape index (κ1) is 12.0. The van der Waals surface area contributed by atoms with E-state index in [2.05, 4.69) is 15.3 Å². The van der Waals surface area contributed by atoms with E-state index in [1.165, 1.54) is 24.5 Å². The van der Waals surface area contributed by atoms with E-state index in [4.69, 9.17) is 5.11 Å². The summed E-state index contributed by atoms with van der Waals surface area (Å²) in [5, 5.41) is 11.6. The van der Waals surface area contributed by atoms with Crippen LogP contribution < -0.4 is 5.32 Å². The second kappa shape index (κ2) is 5.22. The zero-order chi connectivity index (χ0) is 13.0. The SMILES string of the molecule is O=C(O)c1ccc(F)c(NCc2cnccn2)c1. The third kappa shape index (κ3) is 2.79. The minimum atomic E-state index is -1.10. The Bertz CT molecular complexity index is 561. The van der Waals surface area contributed by atoms with Crippen LogP contribution in [-0.4, -0.2) is 21.0 Å². The Kier molecular flexibility index (Phi) is 3.47. The van der Waals surface area contributed by atoms with Crippen LogP contribution in [0.3, 0.4) is 0 Å². The van der Waals surface area contributed by atoms with Crippen LogP contribution in [0.2, 0.25) is 0 Å². The van der Waals surface area contributed by atoms with Gasteiger partial charge in [-0.25, -0.2) is 9.18 Å². The average molecular weight is 247 g/mol. The molecule has 0 aliphatic carbocycles. The lowest BCUT2D eigenvalue weighted by Gasteiger charge is -2.07. The number of carboxylic acids is 1. The van der Waals surface area contributed by atoms with E-state index in [0.29, 0.717) is 5.69 Å². The highest BCUT2D eigenvalue weighted by atomic mass is 19.1. The van der Waals surface area contributed by atoms with Gasteiger partial charge in [0.2, 0.25) is 0 Å². The quantitative estimate of drug-likeness (QED) is 0.863. The molecule has 0 fully saturated rings. The number of carboxylic acid groups (broad SMARTS) is 1. The van der Waals surface area contributed by atoms with Crippen molar-refractivity contribution in [1.29, 1.82) is 0 Å². The van der Waals surface area contributed by atoms with Gasteiger partial charge in [-0.1, -0.05) is 0 Å². The van der Waals surface area contributed by atoms with E-state index in [9.17, 15) is 9.18 Å². The van der Waals surface area contributed by atoms with Crippen molar-refractivity contribution in [3.63, 3.8) is 0 Å². The van der Waals surface area contributed by atoms with E-state index in [1.807, 2.05) is 0 Å². The van der Waals surface area contributed by atoms with Crippen molar-refractivity contribution in [2.24, 2.45) is 0 Å². The Labute approximate surface area is 102 Å². The number of aromatic carboxylic acids is 1. The molecule has 0 aliphatic rings. The smallest absolute Gasteiger partial charge is 0.335 e. The molecule has 0 unspecified atom stereocenters. The van der Waals surface area contributed by atoms with Crippen molar-refractivity contribution in [2.75, 3.05) is 5.32 Å². The summed E-state index contributed by atoms with van der Waals surface area (Å²) in [6.07, 6.45) is 4.61. The molecule has 2 N–H and O–H groups in total. The molecule has 0 amide bonds. The first-order valence-corrected chi connectivity index (χ1v) is 5.18. The number of nitrogens with one attached hydrogen (secondary N) is 1. The molecule has 6 heteroatoms. The number of anilines is 1. The first-order chi connectivity index (χ1) is 8.66. The summed E-state index contributed by atoms with van der Waals surface area (Å²) < 4.78 is 13.4. The molecule has 1 heterocycles. The van der Waals surface area contributed by atoms with Crippen molar-refractivity contribution < 1.29 is 14.3 Å². The molecule has 5 nitrogen and oxygen atoms in total. The number of aromatic nitrogens is 2. The molecule has 2 aromatic rings. The largest absolute Gasteiger partial charge is 0.478 e. The van der Waals surface area contributed by atoms with Gasteiger partial charge in [-0.15, -0.1) is 0 Å². The lowest BCUT2D eigenvalue weighted by atomic mass is 10.2. The van der Waals surface area contributed by atoms with Gasteiger partial charge >= 0.3 is 5.97 Å². The molecule has 2 rings (SSSR count). The highest BCUT2D eigenvalue weighted by Gasteiger charge is 2.08. The molecule has 0 spiro atoms. The fourth-order valence-electron chi connectivity index (χ4n) is 1.40. The summed E-state index contributed by atoms with van der Waals surface area (Å²) in [6, 6.07) is 3.57. The molecule has 1 aromatic carbocycles. The second-order valence-electron chi connectivity index (χ2n) is 3.55. The predicted octanol–water partition coefficient (Wildman–Crippen LogP) is 1.93. The van der Waals surface area contributed by atoms with Crippen LogP contribution in [0, 0.1) is 5.82 Å². The summed E-state index contributed by atoms with van der Waals surface area (Å²) >= 11 is 0. The Hall–Kier alpha value is -2.50. The fourth-order valence-corrected chi connectivity index (χ4v) is 1.40. The molecule has 0 saturated heterocycles. The molecule has 0 atom stereocenters. The van der Waals surface area contributed by atoms with Gasteiger partial charge in [0.1, 0.15) is 5.82 Å².